The summed E-state index contributed by atoms with van der Waals surface area (Å²) < 4.78 is 6.61. The van der Waals surface area contributed by atoms with E-state index >= 15 is 0 Å². The molecule has 0 spiro atoms. The molecule has 0 saturated heterocycles. The molecule has 7 nitrogen and oxygen atoms in total. The molecule has 1 aromatic rings. The Hall–Kier alpha value is -2.12. The van der Waals surface area contributed by atoms with Gasteiger partial charge in [-0.3, -0.25) is 9.59 Å². The van der Waals surface area contributed by atoms with Crippen molar-refractivity contribution in [3.8, 4) is 5.75 Å². The van der Waals surface area contributed by atoms with Gasteiger partial charge in [-0.25, -0.2) is 0 Å². The Morgan fingerprint density at radius 2 is 1.94 bits per heavy atom. The molecule has 0 aromatic heterocycles. The zero-order valence-corrected chi connectivity index (χ0v) is 21.0. The summed E-state index contributed by atoms with van der Waals surface area (Å²) in [4.78, 5) is 30.2. The van der Waals surface area contributed by atoms with Gasteiger partial charge in [-0.05, 0) is 57.7 Å². The molecule has 2 aliphatic carbocycles. The maximum Gasteiger partial charge on any atom is 0.258 e. The van der Waals surface area contributed by atoms with Crippen LogP contribution in [0.3, 0.4) is 0 Å². The van der Waals surface area contributed by atoms with Crippen molar-refractivity contribution in [3.63, 3.8) is 0 Å². The van der Waals surface area contributed by atoms with Gasteiger partial charge in [0.15, 0.2) is 5.75 Å². The van der Waals surface area contributed by atoms with Crippen LogP contribution < -0.4 is 10.1 Å². The zero-order valence-electron chi connectivity index (χ0n) is 21.0. The lowest BCUT2D eigenvalue weighted by Crippen LogP contribution is -2.50. The highest BCUT2D eigenvalue weighted by atomic mass is 16.5. The van der Waals surface area contributed by atoms with Crippen molar-refractivity contribution in [1.82, 2.24) is 9.80 Å². The van der Waals surface area contributed by atoms with E-state index in [9.17, 15) is 14.7 Å². The predicted molar refractivity (Wildman–Crippen MR) is 133 cm³/mol. The monoisotopic (exact) mass is 471 g/mol. The molecular weight excluding hydrogens is 430 g/mol. The van der Waals surface area contributed by atoms with Gasteiger partial charge >= 0.3 is 0 Å². The van der Waals surface area contributed by atoms with Crippen LogP contribution in [0, 0.1) is 17.8 Å². The Morgan fingerprint density at radius 1 is 1.21 bits per heavy atom. The molecule has 1 aliphatic heterocycles. The lowest BCUT2D eigenvalue weighted by atomic mass is 9.89. The second-order valence-electron chi connectivity index (χ2n) is 10.8. The van der Waals surface area contributed by atoms with E-state index in [0.29, 0.717) is 23.5 Å². The van der Waals surface area contributed by atoms with Gasteiger partial charge in [-0.15, -0.1) is 0 Å². The number of nitrogens with one attached hydrogen (secondary N) is 1. The summed E-state index contributed by atoms with van der Waals surface area (Å²) in [7, 11) is 2.16. The zero-order chi connectivity index (χ0) is 24.2. The lowest BCUT2D eigenvalue weighted by Gasteiger charge is -2.39. The summed E-state index contributed by atoms with van der Waals surface area (Å²) in [5.74, 6) is 1.13. The molecular formula is C27H41N3O4. The molecule has 3 aliphatic rings. The van der Waals surface area contributed by atoms with Crippen LogP contribution in [0.2, 0.25) is 0 Å². The largest absolute Gasteiger partial charge is 0.486 e. The fraction of sp³-hybridized carbons (Fsp3) is 0.704. The second-order valence-corrected chi connectivity index (χ2v) is 10.8. The normalized spacial score (nSPS) is 24.7. The molecule has 7 heteroatoms. The van der Waals surface area contributed by atoms with Gasteiger partial charge in [0.2, 0.25) is 5.91 Å². The van der Waals surface area contributed by atoms with E-state index in [0.717, 1.165) is 31.8 Å². The molecule has 2 fully saturated rings. The van der Waals surface area contributed by atoms with Crippen molar-refractivity contribution in [1.29, 1.82) is 0 Å². The fourth-order valence-electron chi connectivity index (χ4n) is 5.33. The summed E-state index contributed by atoms with van der Waals surface area (Å²) in [6.07, 6.45) is 8.26. The van der Waals surface area contributed by atoms with Crippen LogP contribution in [0.1, 0.15) is 69.2 Å². The molecule has 0 unspecified atom stereocenters. The van der Waals surface area contributed by atoms with Gasteiger partial charge in [0.1, 0.15) is 6.10 Å². The highest BCUT2D eigenvalue weighted by molar-refractivity contribution is 6.02. The first-order valence-electron chi connectivity index (χ1n) is 13.1. The number of anilines is 1. The van der Waals surface area contributed by atoms with Gasteiger partial charge in [0.25, 0.3) is 5.91 Å². The number of hydrogen-bond donors (Lipinski definition) is 2. The van der Waals surface area contributed by atoms with E-state index in [1.54, 1.807) is 17.0 Å². The number of benzene rings is 1. The Kier molecular flexibility index (Phi) is 8.14. The highest BCUT2D eigenvalue weighted by Crippen LogP contribution is 2.37. The molecule has 3 atom stereocenters. The maximum absolute atomic E-state index is 13.5. The molecule has 34 heavy (non-hydrogen) atoms. The van der Waals surface area contributed by atoms with Crippen molar-refractivity contribution in [2.75, 3.05) is 38.6 Å². The molecule has 0 radical (unpaired) electrons. The second kappa shape index (κ2) is 11.1. The first kappa shape index (κ1) is 25.0. The van der Waals surface area contributed by atoms with E-state index in [4.69, 9.17) is 4.74 Å². The van der Waals surface area contributed by atoms with Crippen molar-refractivity contribution >= 4 is 17.5 Å². The summed E-state index contributed by atoms with van der Waals surface area (Å²) in [5, 5.41) is 12.9. The van der Waals surface area contributed by atoms with Crippen LogP contribution in [-0.4, -0.2) is 72.2 Å². The Morgan fingerprint density at radius 3 is 2.62 bits per heavy atom. The number of likely N-dealkylation sites (N-methyl/N-ethyl adjacent to an activating group) is 1. The number of amides is 2. The van der Waals surface area contributed by atoms with E-state index in [2.05, 4.69) is 24.2 Å². The summed E-state index contributed by atoms with van der Waals surface area (Å²) in [5.41, 5.74) is 1.01. The third kappa shape index (κ3) is 5.92. The average molecular weight is 472 g/mol. The SMILES string of the molecule is C[C@H](CO)N1C[C@H](C)[C@@H](CN(C)CC2CCCCC2)Oc2c(NC(=O)C3CC3)cccc2C1=O. The fourth-order valence-corrected chi connectivity index (χ4v) is 5.33. The molecule has 2 N–H and O–H groups in total. The number of carbonyl (C=O) groups excluding carboxylic acids is 2. The Labute approximate surface area is 203 Å². The first-order chi connectivity index (χ1) is 16.4. The van der Waals surface area contributed by atoms with E-state index < -0.39 is 0 Å². The van der Waals surface area contributed by atoms with Crippen molar-refractivity contribution in [2.24, 2.45) is 17.8 Å². The number of rotatable bonds is 8. The number of para-hydroxylation sites is 1. The van der Waals surface area contributed by atoms with Crippen LogP contribution in [0.15, 0.2) is 18.2 Å². The van der Waals surface area contributed by atoms with E-state index in [1.807, 2.05) is 13.0 Å². The van der Waals surface area contributed by atoms with Gasteiger partial charge < -0.3 is 25.0 Å². The topological polar surface area (TPSA) is 82.1 Å². The summed E-state index contributed by atoms with van der Waals surface area (Å²) in [6, 6.07) is 5.08. The predicted octanol–water partition coefficient (Wildman–Crippen LogP) is 3.77. The molecule has 2 saturated carbocycles. The Bertz CT molecular complexity index is 865. The van der Waals surface area contributed by atoms with Crippen LogP contribution in [0.25, 0.3) is 0 Å². The number of hydrogen-bond acceptors (Lipinski definition) is 5. The van der Waals surface area contributed by atoms with Crippen LogP contribution >= 0.6 is 0 Å². The standard InChI is InChI=1S/C27H41N3O4/c1-18-14-30(19(2)17-31)27(33)22-10-7-11-23(28-26(32)21-12-13-21)25(22)34-24(18)16-29(3)15-20-8-5-4-6-9-20/h7,10-11,18-21,24,31H,4-6,8-9,12-17H2,1-3H3,(H,28,32)/t18-,19+,24+/m0/s1. The molecule has 2 amide bonds. The number of aliphatic hydroxyl groups is 1. The highest BCUT2D eigenvalue weighted by Gasteiger charge is 2.36. The van der Waals surface area contributed by atoms with Gasteiger partial charge in [-0.2, -0.15) is 0 Å². The third-order valence-corrected chi connectivity index (χ3v) is 7.68. The van der Waals surface area contributed by atoms with Crippen LogP contribution in [0.4, 0.5) is 5.69 Å². The maximum atomic E-state index is 13.5. The summed E-state index contributed by atoms with van der Waals surface area (Å²) >= 11 is 0. The average Bonchev–Trinajstić information content (AvgIpc) is 3.67. The Balaban J connectivity index is 1.60. The smallest absolute Gasteiger partial charge is 0.258 e. The van der Waals surface area contributed by atoms with Crippen molar-refractivity contribution < 1.29 is 19.4 Å². The number of nitrogens with zero attached hydrogens (tertiary/aromatic N) is 2. The molecule has 0 bridgehead atoms. The van der Waals surface area contributed by atoms with Crippen molar-refractivity contribution in [3.05, 3.63) is 23.8 Å². The molecule has 1 heterocycles. The minimum atomic E-state index is -0.300. The quantitative estimate of drug-likeness (QED) is 0.603. The van der Waals surface area contributed by atoms with Gasteiger partial charge in [0, 0.05) is 31.5 Å². The van der Waals surface area contributed by atoms with E-state index in [1.165, 1.54) is 32.1 Å². The molecule has 4 rings (SSSR count). The van der Waals surface area contributed by atoms with E-state index in [-0.39, 0.29) is 42.4 Å². The molecule has 1 aromatic carbocycles. The van der Waals surface area contributed by atoms with Crippen LogP contribution in [-0.2, 0) is 4.79 Å². The number of ether oxygens (including phenoxy) is 1. The van der Waals surface area contributed by atoms with Crippen molar-refractivity contribution in [2.45, 2.75) is 70.9 Å². The van der Waals surface area contributed by atoms with Crippen LogP contribution in [0.5, 0.6) is 5.75 Å². The minimum absolute atomic E-state index is 0.00824. The van der Waals surface area contributed by atoms with Gasteiger partial charge in [-0.1, -0.05) is 32.3 Å². The lowest BCUT2D eigenvalue weighted by molar-refractivity contribution is -0.117. The first-order valence-corrected chi connectivity index (χ1v) is 13.1. The third-order valence-electron chi connectivity index (χ3n) is 7.68. The number of carbonyl (C=O) groups is 2. The number of aliphatic hydroxyl groups excluding tert-OH is 1. The summed E-state index contributed by atoms with van der Waals surface area (Å²) in [6.45, 7) is 6.20. The minimum Gasteiger partial charge on any atom is -0.486 e. The van der Waals surface area contributed by atoms with Gasteiger partial charge in [0.05, 0.1) is 23.9 Å². The molecule has 188 valence electrons. The number of fused-ring (bicyclic) bond motifs is 1.